The van der Waals surface area contributed by atoms with E-state index in [1.54, 1.807) is 12.2 Å². The number of benzene rings is 1. The summed E-state index contributed by atoms with van der Waals surface area (Å²) in [5.41, 5.74) is 1.37. The zero-order valence-corrected chi connectivity index (χ0v) is 15.1. The van der Waals surface area contributed by atoms with E-state index < -0.39 is 10.9 Å². The summed E-state index contributed by atoms with van der Waals surface area (Å²) >= 11 is 0. The van der Waals surface area contributed by atoms with E-state index in [1.807, 2.05) is 27.7 Å². The van der Waals surface area contributed by atoms with Crippen LogP contribution in [-0.2, 0) is 9.63 Å². The van der Waals surface area contributed by atoms with Gasteiger partial charge in [0.15, 0.2) is 5.78 Å². The van der Waals surface area contributed by atoms with Crippen molar-refractivity contribution in [3.8, 4) is 0 Å². The fourth-order valence-corrected chi connectivity index (χ4v) is 2.46. The first-order valence-corrected chi connectivity index (χ1v) is 8.22. The van der Waals surface area contributed by atoms with Gasteiger partial charge in [-0.1, -0.05) is 38.9 Å². The molecule has 0 saturated carbocycles. The number of nitro groups is 1. The number of carbonyl (C=O) groups is 2. The van der Waals surface area contributed by atoms with Gasteiger partial charge in [0.2, 0.25) is 0 Å². The van der Waals surface area contributed by atoms with Crippen LogP contribution < -0.4 is 0 Å². The van der Waals surface area contributed by atoms with Gasteiger partial charge in [0, 0.05) is 23.3 Å². The van der Waals surface area contributed by atoms with Crippen molar-refractivity contribution in [1.82, 2.24) is 0 Å². The van der Waals surface area contributed by atoms with E-state index in [0.29, 0.717) is 16.9 Å². The molecule has 1 aromatic carbocycles. The molecule has 0 spiro atoms. The highest BCUT2D eigenvalue weighted by atomic mass is 16.7. The van der Waals surface area contributed by atoms with E-state index in [-0.39, 0.29) is 28.9 Å². The smallest absolute Gasteiger partial charge is 0.312 e. The lowest BCUT2D eigenvalue weighted by Gasteiger charge is -2.19. The quantitative estimate of drug-likeness (QED) is 0.345. The highest BCUT2D eigenvalue weighted by Crippen LogP contribution is 2.25. The van der Waals surface area contributed by atoms with Crippen LogP contribution in [0.2, 0.25) is 0 Å². The third-order valence-electron chi connectivity index (χ3n) is 3.90. The van der Waals surface area contributed by atoms with Crippen LogP contribution in [0.5, 0.6) is 0 Å². The van der Waals surface area contributed by atoms with Gasteiger partial charge in [0.1, 0.15) is 5.71 Å². The molecule has 0 bridgehead atoms. The standard InChI is InChI=1S/C19H20N2O5/c1-11(2)16-9-14(10-17(12(3)4)18(16)22)20-26-19(23)13-6-5-7-15(8-13)21(24)25/h5-12H,1-4H3. The minimum Gasteiger partial charge on any atom is -0.312 e. The van der Waals surface area contributed by atoms with Crippen molar-refractivity contribution >= 4 is 23.2 Å². The molecule has 1 aliphatic rings. The molecular weight excluding hydrogens is 336 g/mol. The second-order valence-corrected chi connectivity index (χ2v) is 6.54. The maximum Gasteiger partial charge on any atom is 0.366 e. The molecule has 0 amide bonds. The van der Waals surface area contributed by atoms with E-state index in [1.165, 1.54) is 18.2 Å². The van der Waals surface area contributed by atoms with Crippen LogP contribution >= 0.6 is 0 Å². The van der Waals surface area contributed by atoms with Gasteiger partial charge in [0.05, 0.1) is 10.5 Å². The Balaban J connectivity index is 2.27. The molecule has 7 nitrogen and oxygen atoms in total. The molecule has 1 aromatic rings. The molecule has 0 heterocycles. The van der Waals surface area contributed by atoms with Crippen molar-refractivity contribution in [2.24, 2.45) is 17.0 Å². The molecule has 26 heavy (non-hydrogen) atoms. The van der Waals surface area contributed by atoms with Gasteiger partial charge >= 0.3 is 5.97 Å². The van der Waals surface area contributed by atoms with E-state index >= 15 is 0 Å². The summed E-state index contributed by atoms with van der Waals surface area (Å²) in [6, 6.07) is 5.21. The Labute approximate surface area is 151 Å². The summed E-state index contributed by atoms with van der Waals surface area (Å²) in [4.78, 5) is 39.7. The fraction of sp³-hybridized carbons (Fsp3) is 0.316. The SMILES string of the molecule is CC(C)C1=CC(=NOC(=O)c2cccc([N+](=O)[O-])c2)C=C(C(C)C)C1=O. The number of oxime groups is 1. The summed E-state index contributed by atoms with van der Waals surface area (Å²) in [5.74, 6) is -0.832. The number of nitro benzene ring substituents is 1. The van der Waals surface area contributed by atoms with E-state index in [4.69, 9.17) is 4.84 Å². The van der Waals surface area contributed by atoms with Crippen molar-refractivity contribution < 1.29 is 19.3 Å². The van der Waals surface area contributed by atoms with Gasteiger partial charge in [0.25, 0.3) is 5.69 Å². The minimum absolute atomic E-state index is 0.00243. The molecule has 0 N–H and O–H groups in total. The van der Waals surface area contributed by atoms with Gasteiger partial charge in [-0.2, -0.15) is 0 Å². The summed E-state index contributed by atoms with van der Waals surface area (Å²) in [6.07, 6.45) is 3.19. The molecule has 7 heteroatoms. The summed E-state index contributed by atoms with van der Waals surface area (Å²) in [5, 5.41) is 14.6. The van der Waals surface area contributed by atoms with E-state index in [0.717, 1.165) is 6.07 Å². The zero-order chi connectivity index (χ0) is 19.4. The Hall–Kier alpha value is -3.09. The fourth-order valence-electron chi connectivity index (χ4n) is 2.46. The molecule has 0 saturated heterocycles. The molecule has 0 radical (unpaired) electrons. The maximum absolute atomic E-state index is 12.5. The number of rotatable bonds is 5. The average molecular weight is 356 g/mol. The number of Topliss-reactive ketones (excluding diaryl/α,β-unsaturated/α-hetero) is 1. The number of carbonyl (C=O) groups excluding carboxylic acids is 2. The maximum atomic E-state index is 12.5. The topological polar surface area (TPSA) is 98.9 Å². The predicted molar refractivity (Wildman–Crippen MR) is 96.8 cm³/mol. The first-order valence-electron chi connectivity index (χ1n) is 8.22. The van der Waals surface area contributed by atoms with Crippen LogP contribution in [-0.4, -0.2) is 22.4 Å². The largest absolute Gasteiger partial charge is 0.366 e. The zero-order valence-electron chi connectivity index (χ0n) is 15.1. The van der Waals surface area contributed by atoms with Gasteiger partial charge in [-0.25, -0.2) is 4.79 Å². The number of non-ortho nitro benzene ring substituents is 1. The van der Waals surface area contributed by atoms with E-state index in [9.17, 15) is 19.7 Å². The highest BCUT2D eigenvalue weighted by Gasteiger charge is 2.25. The van der Waals surface area contributed by atoms with Gasteiger partial charge < -0.3 is 4.84 Å². The normalized spacial score (nSPS) is 14.2. The average Bonchev–Trinajstić information content (AvgIpc) is 2.60. The van der Waals surface area contributed by atoms with Crippen LogP contribution in [0.4, 0.5) is 5.69 Å². The molecule has 0 unspecified atom stereocenters. The second kappa shape index (κ2) is 7.86. The predicted octanol–water partition coefficient (Wildman–Crippen LogP) is 3.86. The number of hydrogen-bond acceptors (Lipinski definition) is 6. The molecule has 0 aliphatic heterocycles. The lowest BCUT2D eigenvalue weighted by atomic mass is 9.84. The highest BCUT2D eigenvalue weighted by molar-refractivity contribution is 6.22. The second-order valence-electron chi connectivity index (χ2n) is 6.54. The Bertz CT molecular complexity index is 817. The monoisotopic (exact) mass is 356 g/mol. The minimum atomic E-state index is -0.808. The van der Waals surface area contributed by atoms with Crippen LogP contribution in [0.15, 0.2) is 52.7 Å². The van der Waals surface area contributed by atoms with Gasteiger partial charge in [-0.05, 0) is 30.1 Å². The Kier molecular flexibility index (Phi) is 5.82. The lowest BCUT2D eigenvalue weighted by Crippen LogP contribution is -2.21. The number of hydrogen-bond donors (Lipinski definition) is 0. The Morgan fingerprint density at radius 2 is 1.69 bits per heavy atom. The van der Waals surface area contributed by atoms with Crippen LogP contribution in [0.3, 0.4) is 0 Å². The van der Waals surface area contributed by atoms with Gasteiger partial charge in [-0.15, -0.1) is 0 Å². The molecule has 0 atom stereocenters. The summed E-state index contributed by atoms with van der Waals surface area (Å²) in [7, 11) is 0. The summed E-state index contributed by atoms with van der Waals surface area (Å²) < 4.78 is 0. The molecule has 2 rings (SSSR count). The molecule has 0 aromatic heterocycles. The van der Waals surface area contributed by atoms with Crippen molar-refractivity contribution in [2.45, 2.75) is 27.7 Å². The molecule has 1 aliphatic carbocycles. The van der Waals surface area contributed by atoms with Crippen LogP contribution in [0, 0.1) is 22.0 Å². The molecule has 0 fully saturated rings. The third kappa shape index (κ3) is 4.30. The first-order chi connectivity index (χ1) is 12.2. The number of nitrogens with zero attached hydrogens (tertiary/aromatic N) is 2. The number of ketones is 1. The molecular formula is C19H20N2O5. The van der Waals surface area contributed by atoms with E-state index in [2.05, 4.69) is 5.16 Å². The Morgan fingerprint density at radius 3 is 2.19 bits per heavy atom. The van der Waals surface area contributed by atoms with Crippen LogP contribution in [0.1, 0.15) is 38.1 Å². The van der Waals surface area contributed by atoms with Crippen LogP contribution in [0.25, 0.3) is 0 Å². The van der Waals surface area contributed by atoms with Gasteiger partial charge in [-0.3, -0.25) is 14.9 Å². The Morgan fingerprint density at radius 1 is 1.12 bits per heavy atom. The first kappa shape index (κ1) is 19.2. The van der Waals surface area contributed by atoms with Crippen molar-refractivity contribution in [3.63, 3.8) is 0 Å². The van der Waals surface area contributed by atoms with Crippen molar-refractivity contribution in [3.05, 3.63) is 63.2 Å². The van der Waals surface area contributed by atoms with Crippen molar-refractivity contribution in [1.29, 1.82) is 0 Å². The van der Waals surface area contributed by atoms with Crippen molar-refractivity contribution in [2.75, 3.05) is 0 Å². The lowest BCUT2D eigenvalue weighted by molar-refractivity contribution is -0.384. The number of allylic oxidation sites excluding steroid dienone is 4. The molecule has 136 valence electrons. The third-order valence-corrected chi connectivity index (χ3v) is 3.90. The summed E-state index contributed by atoms with van der Waals surface area (Å²) in [6.45, 7) is 7.61.